The Balaban J connectivity index is 0.00000240. The Morgan fingerprint density at radius 2 is 1.59 bits per heavy atom. The first-order valence-electron chi connectivity index (χ1n) is 8.91. The summed E-state index contributed by atoms with van der Waals surface area (Å²) in [7, 11) is -3.80. The van der Waals surface area contributed by atoms with Crippen molar-refractivity contribution in [2.24, 2.45) is 0 Å². The van der Waals surface area contributed by atoms with Crippen LogP contribution in [0.1, 0.15) is 0 Å². The number of nitrogens with zero attached hydrogens (tertiary/aromatic N) is 1. The van der Waals surface area contributed by atoms with Crippen LogP contribution >= 0.6 is 35.6 Å². The van der Waals surface area contributed by atoms with Gasteiger partial charge in [-0.05, 0) is 30.3 Å². The molecule has 154 valence electrons. The lowest BCUT2D eigenvalue weighted by Crippen LogP contribution is -2.43. The maximum atomic E-state index is 12.9. The lowest BCUT2D eigenvalue weighted by molar-refractivity contribution is 0.590. The largest absolute Gasteiger partial charge is 0.368 e. The molecule has 0 unspecified atom stereocenters. The van der Waals surface area contributed by atoms with Crippen LogP contribution in [0.4, 0.5) is 11.4 Å². The average Bonchev–Trinajstić information content (AvgIpc) is 2.71. The molecule has 4 rings (SSSR count). The van der Waals surface area contributed by atoms with E-state index >= 15 is 0 Å². The molecule has 0 saturated carbocycles. The van der Waals surface area contributed by atoms with Gasteiger partial charge >= 0.3 is 0 Å². The number of hydrogen-bond donors (Lipinski definition) is 2. The van der Waals surface area contributed by atoms with E-state index < -0.39 is 10.0 Å². The van der Waals surface area contributed by atoms with Gasteiger partial charge in [-0.2, -0.15) is 0 Å². The molecule has 0 spiro atoms. The quantitative estimate of drug-likeness (QED) is 0.574. The molecule has 0 bridgehead atoms. The molecule has 1 aliphatic heterocycles. The molecule has 3 aromatic rings. The molecule has 0 amide bonds. The van der Waals surface area contributed by atoms with E-state index in [1.54, 1.807) is 0 Å². The van der Waals surface area contributed by atoms with E-state index in [1.807, 2.05) is 36.4 Å². The van der Waals surface area contributed by atoms with Crippen molar-refractivity contribution in [3.05, 3.63) is 64.6 Å². The summed E-state index contributed by atoms with van der Waals surface area (Å²) in [4.78, 5) is 2.38. The highest BCUT2D eigenvalue weighted by Crippen LogP contribution is 2.34. The predicted octanol–water partition coefficient (Wildman–Crippen LogP) is 4.78. The van der Waals surface area contributed by atoms with E-state index in [2.05, 4.69) is 14.9 Å². The van der Waals surface area contributed by atoms with Crippen LogP contribution in [0.2, 0.25) is 10.0 Å². The molecule has 0 aromatic heterocycles. The zero-order chi connectivity index (χ0) is 19.7. The molecule has 0 aliphatic carbocycles. The molecule has 2 N–H and O–H groups in total. The van der Waals surface area contributed by atoms with Crippen LogP contribution in [-0.4, -0.2) is 34.6 Å². The molecule has 0 atom stereocenters. The zero-order valence-electron chi connectivity index (χ0n) is 15.4. The number of anilines is 2. The topological polar surface area (TPSA) is 61.4 Å². The molecule has 9 heteroatoms. The summed E-state index contributed by atoms with van der Waals surface area (Å²) in [6, 6.07) is 15.9. The number of benzene rings is 3. The number of hydrogen-bond acceptors (Lipinski definition) is 4. The fourth-order valence-electron chi connectivity index (χ4n) is 3.40. The molecule has 3 aromatic carbocycles. The summed E-state index contributed by atoms with van der Waals surface area (Å²) in [5.41, 5.74) is 1.63. The van der Waals surface area contributed by atoms with Gasteiger partial charge < -0.3 is 10.2 Å². The summed E-state index contributed by atoms with van der Waals surface area (Å²) in [5, 5.41) is 5.72. The summed E-state index contributed by atoms with van der Waals surface area (Å²) in [6.07, 6.45) is 0. The average molecular weight is 473 g/mol. The van der Waals surface area contributed by atoms with E-state index in [0.717, 1.165) is 42.6 Å². The first-order chi connectivity index (χ1) is 13.5. The minimum Gasteiger partial charge on any atom is -0.368 e. The molecular weight excluding hydrogens is 453 g/mol. The van der Waals surface area contributed by atoms with Gasteiger partial charge in [0.05, 0.1) is 20.6 Å². The van der Waals surface area contributed by atoms with Crippen molar-refractivity contribution in [3.8, 4) is 0 Å². The van der Waals surface area contributed by atoms with Crippen LogP contribution in [0.3, 0.4) is 0 Å². The Labute approximate surface area is 186 Å². The van der Waals surface area contributed by atoms with Gasteiger partial charge in [0.15, 0.2) is 0 Å². The van der Waals surface area contributed by atoms with E-state index in [0.29, 0.717) is 10.7 Å². The van der Waals surface area contributed by atoms with Crippen LogP contribution in [0.5, 0.6) is 0 Å². The Hall–Kier alpha value is -1.70. The first-order valence-corrected chi connectivity index (χ1v) is 11.1. The van der Waals surface area contributed by atoms with E-state index in [-0.39, 0.29) is 22.3 Å². The van der Waals surface area contributed by atoms with Gasteiger partial charge in [-0.15, -0.1) is 12.4 Å². The van der Waals surface area contributed by atoms with Gasteiger partial charge in [-0.1, -0.05) is 47.5 Å². The molecule has 1 fully saturated rings. The zero-order valence-corrected chi connectivity index (χ0v) is 18.5. The second-order valence-electron chi connectivity index (χ2n) is 6.60. The van der Waals surface area contributed by atoms with Crippen LogP contribution in [0.15, 0.2) is 59.5 Å². The van der Waals surface area contributed by atoms with Crippen LogP contribution < -0.4 is 14.9 Å². The Kier molecular flexibility index (Phi) is 6.81. The van der Waals surface area contributed by atoms with Crippen molar-refractivity contribution in [3.63, 3.8) is 0 Å². The third kappa shape index (κ3) is 4.57. The second-order valence-corrected chi connectivity index (χ2v) is 9.09. The van der Waals surface area contributed by atoms with Gasteiger partial charge in [0.25, 0.3) is 10.0 Å². The highest BCUT2D eigenvalue weighted by molar-refractivity contribution is 7.92. The fraction of sp³-hybridized carbons (Fsp3) is 0.200. The Morgan fingerprint density at radius 3 is 2.28 bits per heavy atom. The number of fused-ring (bicyclic) bond motifs is 1. The smallest absolute Gasteiger partial charge is 0.261 e. The SMILES string of the molecule is Cl.O=S(=O)(Nc1ccc(N2CCNCC2)c2ccccc12)c1ccc(Cl)c(Cl)c1. The van der Waals surface area contributed by atoms with Crippen molar-refractivity contribution in [2.75, 3.05) is 35.8 Å². The van der Waals surface area contributed by atoms with Crippen LogP contribution in [0, 0.1) is 0 Å². The lowest BCUT2D eigenvalue weighted by atomic mass is 10.1. The van der Waals surface area contributed by atoms with Gasteiger partial charge in [0, 0.05) is 42.6 Å². The Bertz CT molecular complexity index is 1130. The Morgan fingerprint density at radius 1 is 0.897 bits per heavy atom. The van der Waals surface area contributed by atoms with Gasteiger partial charge in [-0.3, -0.25) is 4.72 Å². The van der Waals surface area contributed by atoms with E-state index in [1.165, 1.54) is 18.2 Å². The van der Waals surface area contributed by atoms with E-state index in [4.69, 9.17) is 23.2 Å². The maximum Gasteiger partial charge on any atom is 0.261 e. The molecule has 1 heterocycles. The minimum atomic E-state index is -3.80. The minimum absolute atomic E-state index is 0. The highest BCUT2D eigenvalue weighted by atomic mass is 35.5. The fourth-order valence-corrected chi connectivity index (χ4v) is 4.87. The lowest BCUT2D eigenvalue weighted by Gasteiger charge is -2.30. The van der Waals surface area contributed by atoms with Gasteiger partial charge in [0.2, 0.25) is 0 Å². The number of piperazine rings is 1. The summed E-state index contributed by atoms with van der Waals surface area (Å²) < 4.78 is 28.4. The molecule has 1 aliphatic rings. The summed E-state index contributed by atoms with van der Waals surface area (Å²) >= 11 is 11.9. The van der Waals surface area contributed by atoms with Gasteiger partial charge in [-0.25, -0.2) is 8.42 Å². The van der Waals surface area contributed by atoms with Crippen molar-refractivity contribution < 1.29 is 8.42 Å². The number of rotatable bonds is 4. The molecule has 5 nitrogen and oxygen atoms in total. The standard InChI is InChI=1S/C20H19Cl2N3O2S.ClH/c21-17-6-5-14(13-18(17)22)28(26,27)24-19-7-8-20(25-11-9-23-10-12-25)16-4-2-1-3-15(16)19;/h1-8,13,23-24H,9-12H2;1H. The summed E-state index contributed by atoms with van der Waals surface area (Å²) in [6.45, 7) is 3.69. The number of nitrogens with one attached hydrogen (secondary N) is 2. The molecule has 29 heavy (non-hydrogen) atoms. The second kappa shape index (κ2) is 8.98. The van der Waals surface area contributed by atoms with E-state index in [9.17, 15) is 8.42 Å². The highest BCUT2D eigenvalue weighted by Gasteiger charge is 2.19. The van der Waals surface area contributed by atoms with Gasteiger partial charge in [0.1, 0.15) is 0 Å². The third-order valence-corrected chi connectivity index (χ3v) is 6.91. The molecular formula is C20H20Cl3N3O2S. The first kappa shape index (κ1) is 22.0. The van der Waals surface area contributed by atoms with Crippen molar-refractivity contribution >= 4 is 67.8 Å². The third-order valence-electron chi connectivity index (χ3n) is 4.80. The normalized spacial score (nSPS) is 14.5. The number of sulfonamides is 1. The predicted molar refractivity (Wildman–Crippen MR) is 124 cm³/mol. The summed E-state index contributed by atoms with van der Waals surface area (Å²) in [5.74, 6) is 0. The molecule has 1 saturated heterocycles. The number of halogens is 3. The maximum absolute atomic E-state index is 12.9. The monoisotopic (exact) mass is 471 g/mol. The van der Waals surface area contributed by atoms with Crippen LogP contribution in [0.25, 0.3) is 10.8 Å². The van der Waals surface area contributed by atoms with Crippen molar-refractivity contribution in [2.45, 2.75) is 4.90 Å². The van der Waals surface area contributed by atoms with Crippen molar-refractivity contribution in [1.82, 2.24) is 5.32 Å². The molecule has 0 radical (unpaired) electrons. The van der Waals surface area contributed by atoms with Crippen molar-refractivity contribution in [1.29, 1.82) is 0 Å². The van der Waals surface area contributed by atoms with Crippen LogP contribution in [-0.2, 0) is 10.0 Å².